The summed E-state index contributed by atoms with van der Waals surface area (Å²) < 4.78 is 12.3. The normalized spacial score (nSPS) is 12.7. The summed E-state index contributed by atoms with van der Waals surface area (Å²) in [5.41, 5.74) is 1.24. The molecule has 2 nitrogen and oxygen atoms in total. The van der Waals surface area contributed by atoms with Gasteiger partial charge in [-0.3, -0.25) is 4.21 Å². The molecule has 0 spiro atoms. The van der Waals surface area contributed by atoms with E-state index in [1.165, 1.54) is 5.56 Å². The van der Waals surface area contributed by atoms with Crippen LogP contribution in [0.5, 0.6) is 0 Å². The van der Waals surface area contributed by atoms with Gasteiger partial charge in [-0.2, -0.15) is 0 Å². The molecule has 1 N–H and O–H groups in total. The molecule has 4 heteroatoms. The average molecular weight is 290 g/mol. The van der Waals surface area contributed by atoms with Gasteiger partial charge in [0.2, 0.25) is 0 Å². The van der Waals surface area contributed by atoms with Crippen molar-refractivity contribution in [3.05, 3.63) is 34.3 Å². The Morgan fingerprint density at radius 3 is 2.80 bits per heavy atom. The van der Waals surface area contributed by atoms with Crippen LogP contribution in [0.2, 0.25) is 0 Å². The van der Waals surface area contributed by atoms with Crippen LogP contribution in [0.15, 0.2) is 28.7 Å². The Hall–Kier alpha value is -0.190. The monoisotopic (exact) mass is 289 g/mol. The number of rotatable bonds is 6. The minimum Gasteiger partial charge on any atom is -0.312 e. The Bertz CT molecular complexity index is 330. The fourth-order valence-electron chi connectivity index (χ4n) is 1.20. The molecule has 0 aliphatic rings. The molecule has 0 fully saturated rings. The molecule has 1 aromatic carbocycles. The van der Waals surface area contributed by atoms with Crippen molar-refractivity contribution in [1.29, 1.82) is 0 Å². The number of nitrogens with one attached hydrogen (secondary N) is 1. The highest BCUT2D eigenvalue weighted by molar-refractivity contribution is 9.10. The first-order chi connectivity index (χ1) is 7.24. The Morgan fingerprint density at radius 1 is 1.40 bits per heavy atom. The van der Waals surface area contributed by atoms with Crippen LogP contribution in [0.3, 0.4) is 0 Å². The van der Waals surface area contributed by atoms with Gasteiger partial charge in [0.1, 0.15) is 0 Å². The second-order valence-electron chi connectivity index (χ2n) is 3.20. The van der Waals surface area contributed by atoms with Gasteiger partial charge in [-0.1, -0.05) is 41.1 Å². The molecule has 1 unspecified atom stereocenters. The quantitative estimate of drug-likeness (QED) is 0.815. The lowest BCUT2D eigenvalue weighted by Crippen LogP contribution is -2.20. The molecule has 1 rings (SSSR count). The van der Waals surface area contributed by atoms with Crippen LogP contribution in [-0.2, 0) is 17.3 Å². The lowest BCUT2D eigenvalue weighted by molar-refractivity contribution is 0.673. The zero-order chi connectivity index (χ0) is 11.1. The molecule has 1 atom stereocenters. The van der Waals surface area contributed by atoms with E-state index < -0.39 is 10.8 Å². The van der Waals surface area contributed by atoms with Crippen LogP contribution >= 0.6 is 15.9 Å². The molecule has 0 saturated carbocycles. The van der Waals surface area contributed by atoms with Crippen molar-refractivity contribution in [1.82, 2.24) is 5.32 Å². The van der Waals surface area contributed by atoms with Crippen LogP contribution in [0.4, 0.5) is 0 Å². The summed E-state index contributed by atoms with van der Waals surface area (Å²) in [6, 6.07) is 8.13. The van der Waals surface area contributed by atoms with E-state index in [1.807, 2.05) is 25.1 Å². The highest BCUT2D eigenvalue weighted by atomic mass is 79.9. The highest BCUT2D eigenvalue weighted by Gasteiger charge is 1.98. The van der Waals surface area contributed by atoms with Gasteiger partial charge in [-0.25, -0.2) is 0 Å². The summed E-state index contributed by atoms with van der Waals surface area (Å²) in [4.78, 5) is 0. The van der Waals surface area contributed by atoms with Crippen LogP contribution in [0, 0.1) is 0 Å². The highest BCUT2D eigenvalue weighted by Crippen LogP contribution is 2.14. The maximum Gasteiger partial charge on any atom is 0.0360 e. The Labute approximate surface area is 102 Å². The van der Waals surface area contributed by atoms with Crippen LogP contribution < -0.4 is 5.32 Å². The third kappa shape index (κ3) is 4.91. The van der Waals surface area contributed by atoms with Crippen molar-refractivity contribution in [3.8, 4) is 0 Å². The Morgan fingerprint density at radius 2 is 2.13 bits per heavy atom. The lowest BCUT2D eigenvalue weighted by Gasteiger charge is -2.06. The van der Waals surface area contributed by atoms with Gasteiger partial charge in [-0.15, -0.1) is 0 Å². The van der Waals surface area contributed by atoms with Gasteiger partial charge in [-0.05, 0) is 11.6 Å². The van der Waals surface area contributed by atoms with E-state index in [-0.39, 0.29) is 0 Å². The molecule has 0 amide bonds. The third-order valence-corrected chi connectivity index (χ3v) is 4.18. The van der Waals surface area contributed by atoms with E-state index in [9.17, 15) is 4.21 Å². The van der Waals surface area contributed by atoms with Crippen LogP contribution in [-0.4, -0.2) is 22.3 Å². The van der Waals surface area contributed by atoms with E-state index in [0.29, 0.717) is 0 Å². The SMILES string of the molecule is CCS(=O)CCNCc1ccccc1Br. The molecule has 0 radical (unpaired) electrons. The molecular formula is C11H16BrNOS. The summed E-state index contributed by atoms with van der Waals surface area (Å²) in [5, 5.41) is 3.28. The Balaban J connectivity index is 2.26. The first kappa shape index (κ1) is 12.9. The lowest BCUT2D eigenvalue weighted by atomic mass is 10.2. The largest absolute Gasteiger partial charge is 0.312 e. The van der Waals surface area contributed by atoms with Crippen molar-refractivity contribution in [2.24, 2.45) is 0 Å². The minimum atomic E-state index is -0.664. The third-order valence-electron chi connectivity index (χ3n) is 2.10. The van der Waals surface area contributed by atoms with E-state index in [2.05, 4.69) is 27.3 Å². The summed E-state index contributed by atoms with van der Waals surface area (Å²) in [5.74, 6) is 1.48. The number of benzene rings is 1. The molecule has 84 valence electrons. The maximum absolute atomic E-state index is 11.2. The summed E-state index contributed by atoms with van der Waals surface area (Å²) >= 11 is 3.49. The van der Waals surface area contributed by atoms with E-state index >= 15 is 0 Å². The standard InChI is InChI=1S/C11H16BrNOS/c1-2-15(14)8-7-13-9-10-5-3-4-6-11(10)12/h3-6,13H,2,7-9H2,1H3. The predicted molar refractivity (Wildman–Crippen MR) is 69.4 cm³/mol. The second kappa shape index (κ2) is 7.14. The Kier molecular flexibility index (Phi) is 6.13. The van der Waals surface area contributed by atoms with Crippen molar-refractivity contribution in [2.75, 3.05) is 18.1 Å². The molecular weight excluding hydrogens is 274 g/mol. The zero-order valence-electron chi connectivity index (χ0n) is 8.83. The minimum absolute atomic E-state index is 0.664. The van der Waals surface area contributed by atoms with Crippen molar-refractivity contribution < 1.29 is 4.21 Å². The zero-order valence-corrected chi connectivity index (χ0v) is 11.2. The van der Waals surface area contributed by atoms with E-state index in [4.69, 9.17) is 0 Å². The van der Waals surface area contributed by atoms with Gasteiger partial charge < -0.3 is 5.32 Å². The molecule has 0 bridgehead atoms. The van der Waals surface area contributed by atoms with Gasteiger partial charge in [0.05, 0.1) is 0 Å². The topological polar surface area (TPSA) is 29.1 Å². The number of hydrogen-bond acceptors (Lipinski definition) is 2. The predicted octanol–water partition coefficient (Wildman–Crippen LogP) is 2.31. The van der Waals surface area contributed by atoms with Crippen LogP contribution in [0.25, 0.3) is 0 Å². The smallest absolute Gasteiger partial charge is 0.0360 e. The number of halogens is 1. The molecule has 15 heavy (non-hydrogen) atoms. The van der Waals surface area contributed by atoms with Crippen molar-refractivity contribution in [3.63, 3.8) is 0 Å². The maximum atomic E-state index is 11.2. The molecule has 1 aromatic rings. The summed E-state index contributed by atoms with van der Waals surface area (Å²) in [6.07, 6.45) is 0. The fraction of sp³-hybridized carbons (Fsp3) is 0.455. The van der Waals surface area contributed by atoms with E-state index in [0.717, 1.165) is 29.1 Å². The first-order valence-electron chi connectivity index (χ1n) is 5.03. The van der Waals surface area contributed by atoms with E-state index in [1.54, 1.807) is 0 Å². The van der Waals surface area contributed by atoms with Crippen LogP contribution in [0.1, 0.15) is 12.5 Å². The van der Waals surface area contributed by atoms with Crippen molar-refractivity contribution >= 4 is 26.7 Å². The van der Waals surface area contributed by atoms with Gasteiger partial charge in [0.15, 0.2) is 0 Å². The van der Waals surface area contributed by atoms with Gasteiger partial charge in [0, 0.05) is 39.9 Å². The summed E-state index contributed by atoms with van der Waals surface area (Å²) in [6.45, 7) is 3.58. The summed E-state index contributed by atoms with van der Waals surface area (Å²) in [7, 11) is -0.664. The second-order valence-corrected chi connectivity index (χ2v) is 5.92. The number of hydrogen-bond donors (Lipinski definition) is 1. The molecule has 0 aliphatic carbocycles. The fourth-order valence-corrected chi connectivity index (χ4v) is 2.28. The first-order valence-corrected chi connectivity index (χ1v) is 7.31. The van der Waals surface area contributed by atoms with Gasteiger partial charge in [0.25, 0.3) is 0 Å². The molecule has 0 heterocycles. The molecule has 0 saturated heterocycles. The average Bonchev–Trinajstić information content (AvgIpc) is 2.26. The van der Waals surface area contributed by atoms with Gasteiger partial charge >= 0.3 is 0 Å². The van der Waals surface area contributed by atoms with Crippen molar-refractivity contribution in [2.45, 2.75) is 13.5 Å². The molecule has 0 aromatic heterocycles. The molecule has 0 aliphatic heterocycles.